The normalized spacial score (nSPS) is 20.7. The van der Waals surface area contributed by atoms with Crippen LogP contribution in [0.5, 0.6) is 0 Å². The largest absolute Gasteiger partial charge is 0.449 e. The first-order valence-corrected chi connectivity index (χ1v) is 5.62. The minimum absolute atomic E-state index is 0.0369. The lowest BCUT2D eigenvalue weighted by Crippen LogP contribution is -2.16. The number of rotatable bonds is 4. The van der Waals surface area contributed by atoms with Gasteiger partial charge in [-0.25, -0.2) is 0 Å². The second-order valence-electron chi connectivity index (χ2n) is 3.69. The topological polar surface area (TPSA) is 52.6 Å². The van der Waals surface area contributed by atoms with E-state index < -0.39 is 12.1 Å². The Bertz CT molecular complexity index is 311. The summed E-state index contributed by atoms with van der Waals surface area (Å²) in [5.41, 5.74) is 0. The number of carbonyl (C=O) groups excluding carboxylic acids is 2. The summed E-state index contributed by atoms with van der Waals surface area (Å²) in [6, 6.07) is 0. The molecule has 1 rings (SSSR count). The second kappa shape index (κ2) is 6.89. The first-order valence-electron chi connectivity index (χ1n) is 5.62. The van der Waals surface area contributed by atoms with E-state index in [0.717, 1.165) is 19.3 Å². The molecule has 0 aliphatic carbocycles. The summed E-state index contributed by atoms with van der Waals surface area (Å²) in [5.74, 6) is 1.79. The average molecular weight is 224 g/mol. The van der Waals surface area contributed by atoms with Crippen LogP contribution in [0.4, 0.5) is 0 Å². The van der Waals surface area contributed by atoms with Gasteiger partial charge >= 0.3 is 11.9 Å². The maximum atomic E-state index is 11.3. The predicted molar refractivity (Wildman–Crippen MR) is 57.1 cm³/mol. The van der Waals surface area contributed by atoms with Crippen molar-refractivity contribution in [2.75, 3.05) is 0 Å². The molecule has 1 unspecified atom stereocenters. The van der Waals surface area contributed by atoms with Crippen LogP contribution in [-0.4, -0.2) is 18.0 Å². The molecule has 0 bridgehead atoms. The van der Waals surface area contributed by atoms with Crippen molar-refractivity contribution < 1.29 is 19.1 Å². The van der Waals surface area contributed by atoms with Gasteiger partial charge < -0.3 is 9.47 Å². The monoisotopic (exact) mass is 224 g/mol. The summed E-state index contributed by atoms with van der Waals surface area (Å²) >= 11 is 0. The Labute approximate surface area is 95.3 Å². The zero-order valence-corrected chi connectivity index (χ0v) is 9.45. The Morgan fingerprint density at radius 2 is 2.00 bits per heavy atom. The Balaban J connectivity index is 2.49. The van der Waals surface area contributed by atoms with Gasteiger partial charge in [0.05, 0.1) is 12.8 Å². The first-order chi connectivity index (χ1) is 7.72. The van der Waals surface area contributed by atoms with E-state index in [0.29, 0.717) is 6.42 Å². The Kier molecular flexibility index (Phi) is 5.41. The molecule has 0 radical (unpaired) electrons. The van der Waals surface area contributed by atoms with Crippen LogP contribution in [-0.2, 0) is 19.1 Å². The third-order valence-electron chi connectivity index (χ3n) is 2.26. The van der Waals surface area contributed by atoms with E-state index in [2.05, 4.69) is 23.7 Å². The van der Waals surface area contributed by atoms with Crippen molar-refractivity contribution in [2.45, 2.75) is 51.6 Å². The van der Waals surface area contributed by atoms with Crippen LogP contribution in [0.25, 0.3) is 0 Å². The number of esters is 2. The molecule has 4 nitrogen and oxygen atoms in total. The Hall–Kier alpha value is -1.50. The van der Waals surface area contributed by atoms with Crippen molar-refractivity contribution in [3.8, 4) is 12.0 Å². The van der Waals surface area contributed by atoms with Crippen LogP contribution >= 0.6 is 0 Å². The molecule has 0 amide bonds. The molecule has 4 heteroatoms. The maximum Gasteiger partial charge on any atom is 0.320 e. The third kappa shape index (κ3) is 4.83. The smallest absolute Gasteiger partial charge is 0.320 e. The highest BCUT2D eigenvalue weighted by molar-refractivity contribution is 5.78. The molecular weight excluding hydrogens is 208 g/mol. The Morgan fingerprint density at radius 3 is 2.75 bits per heavy atom. The van der Waals surface area contributed by atoms with Gasteiger partial charge in [-0.1, -0.05) is 19.8 Å². The lowest BCUT2D eigenvalue weighted by Gasteiger charge is -2.10. The maximum absolute atomic E-state index is 11.3. The van der Waals surface area contributed by atoms with Gasteiger partial charge in [0.1, 0.15) is 6.11 Å². The van der Waals surface area contributed by atoms with E-state index in [-0.39, 0.29) is 18.8 Å². The van der Waals surface area contributed by atoms with Crippen LogP contribution in [0.1, 0.15) is 45.4 Å². The fraction of sp³-hybridized carbons (Fsp3) is 0.667. The second-order valence-corrected chi connectivity index (χ2v) is 3.69. The van der Waals surface area contributed by atoms with Gasteiger partial charge in [0, 0.05) is 0 Å². The third-order valence-corrected chi connectivity index (χ3v) is 2.26. The van der Waals surface area contributed by atoms with Crippen molar-refractivity contribution in [2.24, 2.45) is 0 Å². The summed E-state index contributed by atoms with van der Waals surface area (Å²) in [6.07, 6.45) is 5.79. The zero-order valence-electron chi connectivity index (χ0n) is 9.45. The van der Waals surface area contributed by atoms with E-state index >= 15 is 0 Å². The van der Waals surface area contributed by atoms with E-state index in [1.165, 1.54) is 0 Å². The molecule has 0 saturated heterocycles. The number of hydrogen-bond acceptors (Lipinski definition) is 4. The van der Waals surface area contributed by atoms with Crippen LogP contribution in [0, 0.1) is 12.0 Å². The quantitative estimate of drug-likeness (QED) is 0.415. The van der Waals surface area contributed by atoms with Crippen LogP contribution in [0.3, 0.4) is 0 Å². The standard InChI is InChI=1S/C12H16O4/c1-2-3-4-5-10-8-9-15-11(13)6-7-12(14)16-10/h10H,2-7H2,1H3. The molecule has 0 fully saturated rings. The predicted octanol–water partition coefficient (Wildman–Crippen LogP) is 1.78. The lowest BCUT2D eigenvalue weighted by molar-refractivity contribution is -0.149. The Morgan fingerprint density at radius 1 is 1.25 bits per heavy atom. The molecule has 1 heterocycles. The molecule has 0 saturated carbocycles. The molecule has 1 atom stereocenters. The molecule has 1 aliphatic rings. The van der Waals surface area contributed by atoms with E-state index in [4.69, 9.17) is 4.74 Å². The van der Waals surface area contributed by atoms with Gasteiger partial charge in [0.15, 0.2) is 6.10 Å². The fourth-order valence-electron chi connectivity index (χ4n) is 1.37. The van der Waals surface area contributed by atoms with Gasteiger partial charge in [0.25, 0.3) is 0 Å². The summed E-state index contributed by atoms with van der Waals surface area (Å²) < 4.78 is 9.74. The highest BCUT2D eigenvalue weighted by Crippen LogP contribution is 2.09. The van der Waals surface area contributed by atoms with Gasteiger partial charge in [-0.2, -0.15) is 0 Å². The molecule has 0 aromatic carbocycles. The van der Waals surface area contributed by atoms with Crippen molar-refractivity contribution in [3.05, 3.63) is 0 Å². The number of carbonyl (C=O) groups is 2. The van der Waals surface area contributed by atoms with Gasteiger partial charge in [-0.15, -0.1) is 0 Å². The van der Waals surface area contributed by atoms with Crippen molar-refractivity contribution in [1.82, 2.24) is 0 Å². The summed E-state index contributed by atoms with van der Waals surface area (Å²) in [4.78, 5) is 22.2. The summed E-state index contributed by atoms with van der Waals surface area (Å²) in [5, 5.41) is 0. The molecular formula is C12H16O4. The number of ether oxygens (including phenoxy) is 2. The van der Waals surface area contributed by atoms with E-state index in [9.17, 15) is 9.59 Å². The molecule has 16 heavy (non-hydrogen) atoms. The van der Waals surface area contributed by atoms with E-state index in [1.807, 2.05) is 0 Å². The molecule has 0 N–H and O–H groups in total. The molecule has 0 spiro atoms. The number of unbranched alkanes of at least 4 members (excludes halogenated alkanes) is 2. The zero-order chi connectivity index (χ0) is 11.8. The molecule has 0 aromatic rings. The van der Waals surface area contributed by atoms with E-state index in [1.54, 1.807) is 0 Å². The van der Waals surface area contributed by atoms with Gasteiger partial charge in [-0.05, 0) is 18.8 Å². The minimum Gasteiger partial charge on any atom is -0.449 e. The van der Waals surface area contributed by atoms with Gasteiger partial charge in [-0.3, -0.25) is 9.59 Å². The first kappa shape index (κ1) is 12.6. The van der Waals surface area contributed by atoms with Crippen LogP contribution in [0.15, 0.2) is 0 Å². The van der Waals surface area contributed by atoms with Gasteiger partial charge in [0.2, 0.25) is 0 Å². The van der Waals surface area contributed by atoms with Crippen molar-refractivity contribution in [1.29, 1.82) is 0 Å². The van der Waals surface area contributed by atoms with Crippen molar-refractivity contribution >= 4 is 11.9 Å². The lowest BCUT2D eigenvalue weighted by atomic mass is 10.1. The van der Waals surface area contributed by atoms with Crippen LogP contribution < -0.4 is 0 Å². The average Bonchev–Trinajstić information content (AvgIpc) is 2.32. The molecule has 1 aliphatic heterocycles. The van der Waals surface area contributed by atoms with Crippen molar-refractivity contribution in [3.63, 3.8) is 0 Å². The summed E-state index contributed by atoms with van der Waals surface area (Å²) in [6.45, 7) is 2.10. The highest BCUT2D eigenvalue weighted by Gasteiger charge is 2.16. The summed E-state index contributed by atoms with van der Waals surface area (Å²) in [7, 11) is 0. The molecule has 88 valence electrons. The van der Waals surface area contributed by atoms with Crippen LogP contribution in [0.2, 0.25) is 0 Å². The SMILES string of the molecule is CCCCCC1C#COC(=O)CCC(=O)O1. The fourth-order valence-corrected chi connectivity index (χ4v) is 1.37. The minimum atomic E-state index is -0.473. The molecule has 0 aromatic heterocycles. The number of hydrogen-bond donors (Lipinski definition) is 0. The number of cyclic esters (lactones) is 2. The highest BCUT2D eigenvalue weighted by atomic mass is 16.5.